The second kappa shape index (κ2) is 10.0. The Morgan fingerprint density at radius 1 is 1.15 bits per heavy atom. The molecule has 0 radical (unpaired) electrons. The minimum Gasteiger partial charge on any atom is -0.495 e. The number of ether oxygens (including phenoxy) is 1. The number of amides is 2. The molecule has 0 spiro atoms. The molecule has 1 N–H and O–H groups in total. The van der Waals surface area contributed by atoms with Gasteiger partial charge in [-0.15, -0.1) is 0 Å². The lowest BCUT2D eigenvalue weighted by molar-refractivity contribution is -0.129. The van der Waals surface area contributed by atoms with E-state index >= 15 is 0 Å². The molecule has 2 aromatic carbocycles. The summed E-state index contributed by atoms with van der Waals surface area (Å²) in [5.41, 5.74) is 0.826. The van der Waals surface area contributed by atoms with Crippen molar-refractivity contribution in [2.45, 2.75) is 50.0 Å². The average Bonchev–Trinajstić information content (AvgIpc) is 3.49. The predicted octanol–water partition coefficient (Wildman–Crippen LogP) is 3.64. The highest BCUT2D eigenvalue weighted by Gasteiger charge is 2.39. The summed E-state index contributed by atoms with van der Waals surface area (Å²) in [6.45, 7) is 2.42. The van der Waals surface area contributed by atoms with E-state index in [0.29, 0.717) is 18.0 Å². The normalized spacial score (nSPS) is 18.8. The van der Waals surface area contributed by atoms with E-state index in [4.69, 9.17) is 4.74 Å². The molecule has 2 amide bonds. The second-order valence-corrected chi connectivity index (χ2v) is 10.6. The Hall–Kier alpha value is -3.07. The SMILES string of the molecule is CCN(c1ccccc1)S(=O)(=O)c1ccc(OC)c(NC(=O)C2CC(=O)N(C3CCCC3)C2)c1. The largest absolute Gasteiger partial charge is 0.495 e. The Kier molecular flexibility index (Phi) is 7.11. The lowest BCUT2D eigenvalue weighted by Crippen LogP contribution is -2.35. The van der Waals surface area contributed by atoms with Gasteiger partial charge in [-0.3, -0.25) is 13.9 Å². The van der Waals surface area contributed by atoms with E-state index in [1.54, 1.807) is 31.2 Å². The van der Waals surface area contributed by atoms with Crippen molar-refractivity contribution in [3.05, 3.63) is 48.5 Å². The molecule has 2 aromatic rings. The van der Waals surface area contributed by atoms with Crippen LogP contribution in [0.2, 0.25) is 0 Å². The van der Waals surface area contributed by atoms with Crippen LogP contribution >= 0.6 is 0 Å². The average molecular weight is 486 g/mol. The van der Waals surface area contributed by atoms with Gasteiger partial charge in [0.25, 0.3) is 10.0 Å². The van der Waals surface area contributed by atoms with Gasteiger partial charge in [0.05, 0.1) is 29.3 Å². The third-order valence-corrected chi connectivity index (χ3v) is 8.54. The fraction of sp³-hybridized carbons (Fsp3) is 0.440. The minimum atomic E-state index is -3.87. The molecule has 34 heavy (non-hydrogen) atoms. The van der Waals surface area contributed by atoms with Gasteiger partial charge in [-0.2, -0.15) is 0 Å². The van der Waals surface area contributed by atoms with Crippen LogP contribution in [0.4, 0.5) is 11.4 Å². The van der Waals surface area contributed by atoms with Crippen LogP contribution in [0.3, 0.4) is 0 Å². The van der Waals surface area contributed by atoms with Gasteiger partial charge in [0.2, 0.25) is 11.8 Å². The zero-order chi connectivity index (χ0) is 24.3. The number of para-hydroxylation sites is 1. The Balaban J connectivity index is 1.56. The first-order valence-corrected chi connectivity index (χ1v) is 13.1. The zero-order valence-corrected chi connectivity index (χ0v) is 20.4. The summed E-state index contributed by atoms with van der Waals surface area (Å²) in [4.78, 5) is 27.5. The van der Waals surface area contributed by atoms with Crippen LogP contribution in [0.25, 0.3) is 0 Å². The molecule has 8 nitrogen and oxygen atoms in total. The first-order valence-electron chi connectivity index (χ1n) is 11.7. The molecule has 2 aliphatic rings. The van der Waals surface area contributed by atoms with Crippen LogP contribution in [-0.2, 0) is 19.6 Å². The molecule has 1 saturated heterocycles. The maximum atomic E-state index is 13.4. The molecule has 182 valence electrons. The maximum absolute atomic E-state index is 13.4. The molecular formula is C25H31N3O5S. The van der Waals surface area contributed by atoms with Gasteiger partial charge in [0.1, 0.15) is 5.75 Å². The van der Waals surface area contributed by atoms with Gasteiger partial charge < -0.3 is 15.0 Å². The lowest BCUT2D eigenvalue weighted by Gasteiger charge is -2.24. The molecule has 0 bridgehead atoms. The quantitative estimate of drug-likeness (QED) is 0.616. The van der Waals surface area contributed by atoms with E-state index in [0.717, 1.165) is 25.7 Å². The highest BCUT2D eigenvalue weighted by Crippen LogP contribution is 2.33. The standard InChI is InChI=1S/C25H31N3O5S/c1-3-28(20-11-5-4-6-12-20)34(31,32)21-13-14-23(33-2)22(16-21)26-25(30)18-15-24(29)27(17-18)19-9-7-8-10-19/h4-6,11-14,16,18-19H,3,7-10,15,17H2,1-2H3,(H,26,30). The molecule has 0 aromatic heterocycles. The highest BCUT2D eigenvalue weighted by molar-refractivity contribution is 7.92. The van der Waals surface area contributed by atoms with E-state index in [2.05, 4.69) is 5.32 Å². The van der Waals surface area contributed by atoms with E-state index in [1.807, 2.05) is 11.0 Å². The van der Waals surface area contributed by atoms with Crippen molar-refractivity contribution in [3.8, 4) is 5.75 Å². The number of carbonyl (C=O) groups is 2. The summed E-state index contributed by atoms with van der Waals surface area (Å²) in [6.07, 6.45) is 4.37. The van der Waals surface area contributed by atoms with Crippen LogP contribution in [0.15, 0.2) is 53.4 Å². The number of nitrogens with one attached hydrogen (secondary N) is 1. The maximum Gasteiger partial charge on any atom is 0.264 e. The van der Waals surface area contributed by atoms with Crippen molar-refractivity contribution in [3.63, 3.8) is 0 Å². The smallest absolute Gasteiger partial charge is 0.264 e. The third kappa shape index (κ3) is 4.75. The Labute approximate surface area is 200 Å². The number of carbonyl (C=O) groups excluding carboxylic acids is 2. The number of likely N-dealkylation sites (tertiary alicyclic amines) is 1. The van der Waals surface area contributed by atoms with Gasteiger partial charge >= 0.3 is 0 Å². The van der Waals surface area contributed by atoms with Gasteiger partial charge in [0.15, 0.2) is 0 Å². The van der Waals surface area contributed by atoms with Gasteiger partial charge in [-0.05, 0) is 50.1 Å². The zero-order valence-electron chi connectivity index (χ0n) is 19.6. The highest BCUT2D eigenvalue weighted by atomic mass is 32.2. The lowest BCUT2D eigenvalue weighted by atomic mass is 10.1. The summed E-state index contributed by atoms with van der Waals surface area (Å²) in [5, 5.41) is 2.82. The van der Waals surface area contributed by atoms with Crippen molar-refractivity contribution >= 4 is 33.2 Å². The number of hydrogen-bond donors (Lipinski definition) is 1. The van der Waals surface area contributed by atoms with E-state index in [-0.39, 0.29) is 41.4 Å². The van der Waals surface area contributed by atoms with E-state index in [9.17, 15) is 18.0 Å². The molecule has 1 unspecified atom stereocenters. The van der Waals surface area contributed by atoms with E-state index < -0.39 is 15.9 Å². The van der Waals surface area contributed by atoms with Crippen LogP contribution in [0.5, 0.6) is 5.75 Å². The molecule has 2 fully saturated rings. The first kappa shape index (κ1) is 24.1. The van der Waals surface area contributed by atoms with Gasteiger partial charge in [-0.1, -0.05) is 31.0 Å². The van der Waals surface area contributed by atoms with Crippen molar-refractivity contribution in [1.82, 2.24) is 4.90 Å². The second-order valence-electron chi connectivity index (χ2n) is 8.74. The van der Waals surface area contributed by atoms with Crippen LogP contribution in [0.1, 0.15) is 39.0 Å². The van der Waals surface area contributed by atoms with Crippen LogP contribution < -0.4 is 14.4 Å². The molecule has 4 rings (SSSR count). The van der Waals surface area contributed by atoms with Crippen LogP contribution in [-0.4, -0.2) is 51.4 Å². The molecule has 1 saturated carbocycles. The summed E-state index contributed by atoms with van der Waals surface area (Å²) >= 11 is 0. The summed E-state index contributed by atoms with van der Waals surface area (Å²) in [6, 6.07) is 13.5. The molecule has 1 atom stereocenters. The fourth-order valence-electron chi connectivity index (χ4n) is 4.87. The van der Waals surface area contributed by atoms with Gasteiger partial charge in [0, 0.05) is 25.6 Å². The summed E-state index contributed by atoms with van der Waals surface area (Å²) < 4.78 is 33.5. The number of methoxy groups -OCH3 is 1. The molecule has 9 heteroatoms. The molecule has 1 aliphatic heterocycles. The first-order chi connectivity index (χ1) is 16.3. The number of rotatable bonds is 8. The summed E-state index contributed by atoms with van der Waals surface area (Å²) in [5.74, 6) is -0.421. The molecular weight excluding hydrogens is 454 g/mol. The number of nitrogens with zero attached hydrogens (tertiary/aromatic N) is 2. The number of sulfonamides is 1. The summed E-state index contributed by atoms with van der Waals surface area (Å²) in [7, 11) is -2.41. The van der Waals surface area contributed by atoms with Crippen molar-refractivity contribution in [1.29, 1.82) is 0 Å². The number of benzene rings is 2. The van der Waals surface area contributed by atoms with Crippen molar-refractivity contribution < 1.29 is 22.7 Å². The van der Waals surface area contributed by atoms with Crippen molar-refractivity contribution in [2.24, 2.45) is 5.92 Å². The van der Waals surface area contributed by atoms with Gasteiger partial charge in [-0.25, -0.2) is 8.42 Å². The molecule has 1 aliphatic carbocycles. The minimum absolute atomic E-state index is 0.0109. The fourth-order valence-corrected chi connectivity index (χ4v) is 6.37. The number of hydrogen-bond acceptors (Lipinski definition) is 5. The Bertz CT molecular complexity index is 1150. The third-order valence-electron chi connectivity index (χ3n) is 6.64. The topological polar surface area (TPSA) is 96.0 Å². The Morgan fingerprint density at radius 2 is 1.85 bits per heavy atom. The van der Waals surface area contributed by atoms with Crippen molar-refractivity contribution in [2.75, 3.05) is 29.8 Å². The Morgan fingerprint density at radius 3 is 2.50 bits per heavy atom. The predicted molar refractivity (Wildman–Crippen MR) is 130 cm³/mol. The van der Waals surface area contributed by atoms with E-state index in [1.165, 1.54) is 29.6 Å². The molecule has 1 heterocycles. The monoisotopic (exact) mass is 485 g/mol. The van der Waals surface area contributed by atoms with Crippen LogP contribution in [0, 0.1) is 5.92 Å². The number of anilines is 2.